The number of benzene rings is 2. The molecule has 0 spiro atoms. The van der Waals surface area contributed by atoms with Crippen LogP contribution in [-0.4, -0.2) is 29.8 Å². The normalized spacial score (nSPS) is 28.5. The van der Waals surface area contributed by atoms with Crippen molar-refractivity contribution in [3.8, 4) is 0 Å². The van der Waals surface area contributed by atoms with E-state index in [1.807, 2.05) is 0 Å². The zero-order chi connectivity index (χ0) is 18.3. The molecule has 0 amide bonds. The first-order valence-electron chi connectivity index (χ1n) is 9.84. The van der Waals surface area contributed by atoms with Gasteiger partial charge in [0, 0.05) is 18.4 Å². The third-order valence-electron chi connectivity index (χ3n) is 6.44. The summed E-state index contributed by atoms with van der Waals surface area (Å²) in [5.74, 6) is 1.25. The Bertz CT molecular complexity index is 722. The van der Waals surface area contributed by atoms with Crippen molar-refractivity contribution in [2.75, 3.05) is 13.1 Å². The molecule has 3 aliphatic rings. The molecule has 3 aliphatic heterocycles. The van der Waals surface area contributed by atoms with E-state index >= 15 is 0 Å². The van der Waals surface area contributed by atoms with Crippen LogP contribution in [0.15, 0.2) is 60.7 Å². The summed E-state index contributed by atoms with van der Waals surface area (Å²) in [5, 5.41) is 0. The smallest absolute Gasteiger partial charge is 0.154 e. The Morgan fingerprint density at radius 3 is 1.92 bits per heavy atom. The number of Topliss-reactive ketones (excluding diaryl/α,β-unsaturated/α-hetero) is 1. The van der Waals surface area contributed by atoms with E-state index in [1.165, 1.54) is 11.1 Å². The average Bonchev–Trinajstić information content (AvgIpc) is 2.65. The molecule has 0 N–H and O–H groups in total. The number of carbonyl (C=O) groups excluding carboxylic acids is 1. The summed E-state index contributed by atoms with van der Waals surface area (Å²) in [6, 6.07) is 21.1. The van der Waals surface area contributed by atoms with Crippen LogP contribution in [-0.2, 0) is 4.79 Å². The van der Waals surface area contributed by atoms with Crippen LogP contribution in [0.3, 0.4) is 0 Å². The molecule has 4 atom stereocenters. The summed E-state index contributed by atoms with van der Waals surface area (Å²) in [4.78, 5) is 16.1. The van der Waals surface area contributed by atoms with E-state index < -0.39 is 0 Å². The van der Waals surface area contributed by atoms with Crippen molar-refractivity contribution >= 4 is 5.78 Å². The molecule has 2 nitrogen and oxygen atoms in total. The van der Waals surface area contributed by atoms with Gasteiger partial charge in [0.15, 0.2) is 5.78 Å². The molecule has 136 valence electrons. The van der Waals surface area contributed by atoms with E-state index in [0.29, 0.717) is 11.7 Å². The van der Waals surface area contributed by atoms with Gasteiger partial charge in [-0.3, -0.25) is 9.69 Å². The number of hydrogen-bond acceptors (Lipinski definition) is 2. The standard InChI is InChI=1S/C24H29NO/c1-24(2,3)20-16-25-15-14-19(20)23(26)22(25)21(17-10-6-4-7-11-17)18-12-8-5-9-13-18/h4-13,19-22H,14-16H2,1-3H3. The third-order valence-corrected chi connectivity index (χ3v) is 6.44. The predicted molar refractivity (Wildman–Crippen MR) is 106 cm³/mol. The molecule has 4 unspecified atom stereocenters. The molecular weight excluding hydrogens is 318 g/mol. The van der Waals surface area contributed by atoms with E-state index in [2.05, 4.69) is 86.3 Å². The topological polar surface area (TPSA) is 20.3 Å². The van der Waals surface area contributed by atoms with Crippen LogP contribution in [0.4, 0.5) is 0 Å². The van der Waals surface area contributed by atoms with Crippen LogP contribution in [0.1, 0.15) is 44.2 Å². The van der Waals surface area contributed by atoms with Gasteiger partial charge in [0.25, 0.3) is 0 Å². The van der Waals surface area contributed by atoms with Crippen LogP contribution < -0.4 is 0 Å². The maximum Gasteiger partial charge on any atom is 0.154 e. The molecule has 2 aromatic carbocycles. The fraction of sp³-hybridized carbons (Fsp3) is 0.458. The van der Waals surface area contributed by atoms with Gasteiger partial charge in [-0.25, -0.2) is 0 Å². The first kappa shape index (κ1) is 17.5. The second-order valence-corrected chi connectivity index (χ2v) is 9.01. The van der Waals surface area contributed by atoms with E-state index in [4.69, 9.17) is 0 Å². The maximum absolute atomic E-state index is 13.6. The maximum atomic E-state index is 13.6. The van der Waals surface area contributed by atoms with Gasteiger partial charge in [-0.1, -0.05) is 81.4 Å². The molecule has 0 aromatic heterocycles. The van der Waals surface area contributed by atoms with Gasteiger partial charge in [0.2, 0.25) is 0 Å². The summed E-state index contributed by atoms with van der Waals surface area (Å²) in [6.07, 6.45) is 1.02. The minimum absolute atomic E-state index is 0.0304. The Morgan fingerprint density at radius 1 is 0.923 bits per heavy atom. The van der Waals surface area contributed by atoms with Crippen LogP contribution >= 0.6 is 0 Å². The summed E-state index contributed by atoms with van der Waals surface area (Å²) in [6.45, 7) is 8.94. The van der Waals surface area contributed by atoms with Gasteiger partial charge >= 0.3 is 0 Å². The lowest BCUT2D eigenvalue weighted by Crippen LogP contribution is -2.63. The van der Waals surface area contributed by atoms with Crippen molar-refractivity contribution in [3.63, 3.8) is 0 Å². The van der Waals surface area contributed by atoms with Gasteiger partial charge in [-0.05, 0) is 35.4 Å². The van der Waals surface area contributed by atoms with E-state index in [9.17, 15) is 4.79 Å². The molecule has 5 rings (SSSR count). The summed E-state index contributed by atoms with van der Waals surface area (Å²) in [5.41, 5.74) is 2.67. The molecule has 26 heavy (non-hydrogen) atoms. The zero-order valence-corrected chi connectivity index (χ0v) is 16.1. The molecular formula is C24H29NO. The number of piperidine rings is 3. The van der Waals surface area contributed by atoms with Crippen LogP contribution in [0.25, 0.3) is 0 Å². The highest BCUT2D eigenvalue weighted by atomic mass is 16.1. The number of nitrogens with zero attached hydrogens (tertiary/aromatic N) is 1. The van der Waals surface area contributed by atoms with E-state index in [0.717, 1.165) is 19.5 Å². The van der Waals surface area contributed by atoms with Gasteiger partial charge in [-0.2, -0.15) is 0 Å². The fourth-order valence-corrected chi connectivity index (χ4v) is 5.10. The highest BCUT2D eigenvalue weighted by Gasteiger charge is 2.52. The van der Waals surface area contributed by atoms with Crippen molar-refractivity contribution in [1.29, 1.82) is 0 Å². The Morgan fingerprint density at radius 2 is 1.46 bits per heavy atom. The lowest BCUT2D eigenvalue weighted by Gasteiger charge is -2.54. The molecule has 3 heterocycles. The SMILES string of the molecule is CC(C)(C)C1CN2CCC1C(=O)C2C(c1ccccc1)c1ccccc1. The highest BCUT2D eigenvalue weighted by Crippen LogP contribution is 2.46. The number of ketones is 1. The van der Waals surface area contributed by atoms with E-state index in [1.54, 1.807) is 0 Å². The largest absolute Gasteiger partial charge is 0.298 e. The Hall–Kier alpha value is -1.93. The molecule has 2 bridgehead atoms. The molecule has 3 saturated heterocycles. The van der Waals surface area contributed by atoms with Crippen LogP contribution in [0, 0.1) is 17.3 Å². The van der Waals surface area contributed by atoms with E-state index in [-0.39, 0.29) is 23.3 Å². The van der Waals surface area contributed by atoms with Crippen molar-refractivity contribution in [2.24, 2.45) is 17.3 Å². The molecule has 3 fully saturated rings. The number of rotatable bonds is 3. The zero-order valence-electron chi connectivity index (χ0n) is 16.1. The number of carbonyl (C=O) groups is 1. The van der Waals surface area contributed by atoms with Gasteiger partial charge in [-0.15, -0.1) is 0 Å². The number of fused-ring (bicyclic) bond motifs is 3. The lowest BCUT2D eigenvalue weighted by atomic mass is 9.62. The highest BCUT2D eigenvalue weighted by molar-refractivity contribution is 5.90. The summed E-state index contributed by atoms with van der Waals surface area (Å²) < 4.78 is 0. The minimum Gasteiger partial charge on any atom is -0.298 e. The van der Waals surface area contributed by atoms with Crippen molar-refractivity contribution in [1.82, 2.24) is 4.90 Å². The van der Waals surface area contributed by atoms with Crippen LogP contribution in [0.2, 0.25) is 0 Å². The average molecular weight is 348 g/mol. The van der Waals surface area contributed by atoms with Crippen molar-refractivity contribution in [2.45, 2.75) is 39.2 Å². The van der Waals surface area contributed by atoms with Crippen molar-refractivity contribution in [3.05, 3.63) is 71.8 Å². The molecule has 0 saturated carbocycles. The van der Waals surface area contributed by atoms with Crippen molar-refractivity contribution < 1.29 is 4.79 Å². The molecule has 2 heteroatoms. The van der Waals surface area contributed by atoms with Gasteiger partial charge in [0.05, 0.1) is 6.04 Å². The van der Waals surface area contributed by atoms with Crippen LogP contribution in [0.5, 0.6) is 0 Å². The second-order valence-electron chi connectivity index (χ2n) is 9.01. The fourth-order valence-electron chi connectivity index (χ4n) is 5.10. The first-order chi connectivity index (χ1) is 12.5. The van der Waals surface area contributed by atoms with Gasteiger partial charge in [0.1, 0.15) is 0 Å². The number of hydrogen-bond donors (Lipinski definition) is 0. The quantitative estimate of drug-likeness (QED) is 0.798. The molecule has 0 aliphatic carbocycles. The summed E-state index contributed by atoms with van der Waals surface area (Å²) >= 11 is 0. The predicted octanol–water partition coefficient (Wildman–Crippen LogP) is 4.75. The van der Waals surface area contributed by atoms with Gasteiger partial charge < -0.3 is 0 Å². The Balaban J connectivity index is 1.75. The first-order valence-corrected chi connectivity index (χ1v) is 9.84. The second kappa shape index (κ2) is 6.66. The Labute approximate surface area is 157 Å². The lowest BCUT2D eigenvalue weighted by molar-refractivity contribution is -0.147. The minimum atomic E-state index is -0.0304. The molecule has 0 radical (unpaired) electrons. The Kier molecular flexibility index (Phi) is 4.48. The monoisotopic (exact) mass is 347 g/mol. The third kappa shape index (κ3) is 3.01. The summed E-state index contributed by atoms with van der Waals surface area (Å²) in [7, 11) is 0. The molecule has 2 aromatic rings.